The molecule has 1 aliphatic rings. The van der Waals surface area contributed by atoms with Gasteiger partial charge in [-0.15, -0.1) is 0 Å². The highest BCUT2D eigenvalue weighted by atomic mass is 32.1. The van der Waals surface area contributed by atoms with Gasteiger partial charge in [0.1, 0.15) is 0 Å². The number of carbonyl (C=O) groups is 2. The predicted molar refractivity (Wildman–Crippen MR) is 156 cm³/mol. The van der Waals surface area contributed by atoms with Crippen LogP contribution in [0.2, 0.25) is 0 Å². The molecule has 10 nitrogen and oxygen atoms in total. The molecule has 2 aromatic heterocycles. The number of nitrogens with zero attached hydrogens (tertiary/aromatic N) is 4. The molecular weight excluding hydrogens is 571 g/mol. The Morgan fingerprint density at radius 1 is 1.10 bits per heavy atom. The highest BCUT2D eigenvalue weighted by Gasteiger charge is 2.32. The summed E-state index contributed by atoms with van der Waals surface area (Å²) < 4.78 is 47.6. The van der Waals surface area contributed by atoms with Crippen molar-refractivity contribution in [3.8, 4) is 16.3 Å². The Labute approximate surface area is 244 Å². The summed E-state index contributed by atoms with van der Waals surface area (Å²) in [5, 5.41) is 8.74. The molecule has 42 heavy (non-hydrogen) atoms. The lowest BCUT2D eigenvalue weighted by atomic mass is 10.1. The van der Waals surface area contributed by atoms with E-state index in [9.17, 15) is 22.8 Å². The molecule has 2 amide bonds. The standard InChI is InChI=1S/C28H30F3N7O3S/c1-4-36-7-9-37(10-8-36)21-13-19(28(29,30)31)12-20(14-21)33-25(39)18-6-5-17(2)23(11-18)38-16-22(35-38)24-15-32-26(42-24)34-27(40)41-3/h5-6,11-16,35H,4,7-10H2,1-3H3,(H,33,39)(H,32,34,40). The van der Waals surface area contributed by atoms with Gasteiger partial charge in [-0.1, -0.05) is 24.3 Å². The molecule has 0 atom stereocenters. The Morgan fingerprint density at radius 2 is 1.83 bits per heavy atom. The van der Waals surface area contributed by atoms with E-state index < -0.39 is 23.7 Å². The molecule has 0 aliphatic carbocycles. The Kier molecular flexibility index (Phi) is 8.27. The fraction of sp³-hybridized carbons (Fsp3) is 0.321. The number of H-pyrrole nitrogens is 1. The minimum absolute atomic E-state index is 0.0793. The summed E-state index contributed by atoms with van der Waals surface area (Å²) in [7, 11) is 1.26. The first-order valence-corrected chi connectivity index (χ1v) is 14.1. The van der Waals surface area contributed by atoms with Crippen LogP contribution in [0.3, 0.4) is 0 Å². The van der Waals surface area contributed by atoms with Crippen molar-refractivity contribution >= 4 is 39.8 Å². The number of piperazine rings is 1. The zero-order valence-corrected chi connectivity index (χ0v) is 24.0. The van der Waals surface area contributed by atoms with Gasteiger partial charge in [0.2, 0.25) is 0 Å². The molecule has 0 unspecified atom stereocenters. The van der Waals surface area contributed by atoms with E-state index >= 15 is 0 Å². The number of aromatic amines is 1. The zero-order chi connectivity index (χ0) is 30.0. The minimum atomic E-state index is -4.56. The monoisotopic (exact) mass is 601 g/mol. The van der Waals surface area contributed by atoms with Crippen LogP contribution in [-0.4, -0.2) is 71.5 Å². The average Bonchev–Trinajstić information content (AvgIpc) is 3.40. The molecule has 3 heterocycles. The number of likely N-dealkylation sites (N-methyl/N-ethyl adjacent to an activating group) is 1. The van der Waals surface area contributed by atoms with Crippen molar-refractivity contribution in [1.29, 1.82) is 0 Å². The summed E-state index contributed by atoms with van der Waals surface area (Å²) in [6.07, 6.45) is -1.75. The second-order valence-electron chi connectivity index (χ2n) is 9.81. The van der Waals surface area contributed by atoms with Gasteiger partial charge in [-0.2, -0.15) is 13.2 Å². The topological polar surface area (TPSA) is 108 Å². The van der Waals surface area contributed by atoms with Crippen molar-refractivity contribution < 1.29 is 27.5 Å². The van der Waals surface area contributed by atoms with Crippen molar-refractivity contribution in [3.05, 3.63) is 65.5 Å². The van der Waals surface area contributed by atoms with E-state index in [1.54, 1.807) is 35.1 Å². The van der Waals surface area contributed by atoms with E-state index in [-0.39, 0.29) is 11.3 Å². The first-order chi connectivity index (χ1) is 20.0. The van der Waals surface area contributed by atoms with Crippen molar-refractivity contribution in [2.45, 2.75) is 20.0 Å². The van der Waals surface area contributed by atoms with Gasteiger partial charge >= 0.3 is 12.3 Å². The third kappa shape index (κ3) is 6.44. The van der Waals surface area contributed by atoms with E-state index in [1.807, 2.05) is 18.0 Å². The van der Waals surface area contributed by atoms with E-state index in [0.29, 0.717) is 29.6 Å². The lowest BCUT2D eigenvalue weighted by Crippen LogP contribution is -2.46. The maximum atomic E-state index is 13.8. The van der Waals surface area contributed by atoms with Crippen LogP contribution in [0.25, 0.3) is 16.3 Å². The number of hydrogen-bond donors (Lipinski definition) is 3. The second kappa shape index (κ2) is 11.9. The number of aryl methyl sites for hydroxylation is 1. The predicted octanol–water partition coefficient (Wildman–Crippen LogP) is 5.83. The smallest absolute Gasteiger partial charge is 0.416 e. The number of methoxy groups -OCH3 is 1. The number of nitrogens with one attached hydrogen (secondary N) is 3. The van der Waals surface area contributed by atoms with Crippen molar-refractivity contribution in [2.75, 3.05) is 55.4 Å². The molecule has 0 radical (unpaired) electrons. The van der Waals surface area contributed by atoms with Crippen LogP contribution in [-0.2, 0) is 10.9 Å². The summed E-state index contributed by atoms with van der Waals surface area (Å²) >= 11 is 1.26. The molecule has 1 fully saturated rings. The molecule has 222 valence electrons. The SMILES string of the molecule is CCN1CCN(c2cc(NC(=O)c3ccc(C)c(-n4cc(-c5cnc(NC(=O)OC)s5)[nH]4)c3)cc(C(F)(F)F)c2)CC1. The Balaban J connectivity index is 1.34. The van der Waals surface area contributed by atoms with Crippen molar-refractivity contribution in [3.63, 3.8) is 0 Å². The van der Waals surface area contributed by atoms with E-state index in [1.165, 1.54) is 18.4 Å². The number of anilines is 3. The molecular formula is C28H30F3N7O3S. The van der Waals surface area contributed by atoms with E-state index in [2.05, 4.69) is 37.3 Å². The van der Waals surface area contributed by atoms with Gasteiger partial charge < -0.3 is 19.9 Å². The molecule has 4 aromatic rings. The quantitative estimate of drug-likeness (QED) is 0.246. The number of benzene rings is 2. The van der Waals surface area contributed by atoms with Crippen LogP contribution in [0, 0.1) is 6.92 Å². The normalized spacial score (nSPS) is 14.2. The summed E-state index contributed by atoms with van der Waals surface area (Å²) in [5.41, 5.74) is 2.31. The van der Waals surface area contributed by atoms with Gasteiger partial charge in [0.15, 0.2) is 5.13 Å². The molecule has 0 spiro atoms. The van der Waals surface area contributed by atoms with Crippen LogP contribution in [0.4, 0.5) is 34.5 Å². The molecule has 1 aliphatic heterocycles. The third-order valence-corrected chi connectivity index (χ3v) is 8.03. The summed E-state index contributed by atoms with van der Waals surface area (Å²) in [5.74, 6) is -0.525. The lowest BCUT2D eigenvalue weighted by Gasteiger charge is -2.36. The van der Waals surface area contributed by atoms with Crippen LogP contribution >= 0.6 is 11.3 Å². The molecule has 2 aromatic carbocycles. The molecule has 0 saturated carbocycles. The molecule has 1 saturated heterocycles. The number of aromatic nitrogens is 3. The number of halogens is 3. The Hall–Kier alpha value is -4.30. The first-order valence-electron chi connectivity index (χ1n) is 13.2. The van der Waals surface area contributed by atoms with Crippen LogP contribution in [0.15, 0.2) is 48.8 Å². The summed E-state index contributed by atoms with van der Waals surface area (Å²) in [4.78, 5) is 33.7. The molecule has 3 N–H and O–H groups in total. The number of thiazole rings is 1. The number of amides is 2. The van der Waals surface area contributed by atoms with Gasteiger partial charge in [-0.05, 0) is 49.4 Å². The average molecular weight is 602 g/mol. The number of alkyl halides is 3. The fourth-order valence-electron chi connectivity index (χ4n) is 4.66. The Morgan fingerprint density at radius 3 is 2.50 bits per heavy atom. The molecule has 14 heteroatoms. The van der Waals surface area contributed by atoms with Crippen LogP contribution in [0.1, 0.15) is 28.4 Å². The maximum absolute atomic E-state index is 13.8. The second-order valence-corrected chi connectivity index (χ2v) is 10.8. The summed E-state index contributed by atoms with van der Waals surface area (Å²) in [6, 6.07) is 8.76. The molecule has 0 bridgehead atoms. The number of carbonyl (C=O) groups excluding carboxylic acids is 2. The Bertz CT molecular complexity index is 1570. The van der Waals surface area contributed by atoms with Crippen LogP contribution in [0.5, 0.6) is 0 Å². The highest BCUT2D eigenvalue weighted by molar-refractivity contribution is 7.19. The highest BCUT2D eigenvalue weighted by Crippen LogP contribution is 2.35. The minimum Gasteiger partial charge on any atom is -0.453 e. The largest absolute Gasteiger partial charge is 0.453 e. The first kappa shape index (κ1) is 29.2. The fourth-order valence-corrected chi connectivity index (χ4v) is 5.42. The van der Waals surface area contributed by atoms with E-state index in [4.69, 9.17) is 0 Å². The van der Waals surface area contributed by atoms with Crippen molar-refractivity contribution in [2.24, 2.45) is 0 Å². The zero-order valence-electron chi connectivity index (χ0n) is 23.2. The third-order valence-electron chi connectivity index (χ3n) is 7.08. The van der Waals surface area contributed by atoms with Gasteiger partial charge in [-0.25, -0.2) is 9.78 Å². The van der Waals surface area contributed by atoms with Gasteiger partial charge in [-0.3, -0.25) is 19.9 Å². The van der Waals surface area contributed by atoms with Crippen LogP contribution < -0.4 is 15.5 Å². The summed E-state index contributed by atoms with van der Waals surface area (Å²) in [6.45, 7) is 7.56. The molecule has 5 rings (SSSR count). The van der Waals surface area contributed by atoms with Gasteiger partial charge in [0, 0.05) is 49.3 Å². The van der Waals surface area contributed by atoms with Crippen molar-refractivity contribution in [1.82, 2.24) is 19.7 Å². The van der Waals surface area contributed by atoms with Gasteiger partial charge in [0.05, 0.1) is 35.1 Å². The van der Waals surface area contributed by atoms with Gasteiger partial charge in [0.25, 0.3) is 5.91 Å². The maximum Gasteiger partial charge on any atom is 0.416 e. The number of rotatable bonds is 7. The number of hydrogen-bond acceptors (Lipinski definition) is 7. The number of ether oxygens (including phenoxy) is 1. The van der Waals surface area contributed by atoms with E-state index in [0.717, 1.165) is 47.9 Å². The lowest BCUT2D eigenvalue weighted by molar-refractivity contribution is -0.137.